The zero-order valence-corrected chi connectivity index (χ0v) is 8.38. The van der Waals surface area contributed by atoms with Crippen LogP contribution in [0.1, 0.15) is 5.56 Å². The molecule has 0 aliphatic heterocycles. The Morgan fingerprint density at radius 3 is 2.79 bits per heavy atom. The second-order valence-corrected chi connectivity index (χ2v) is 3.45. The summed E-state index contributed by atoms with van der Waals surface area (Å²) < 4.78 is 4.80. The normalized spacial score (nSPS) is 10.4. The van der Waals surface area contributed by atoms with E-state index in [1.165, 1.54) is 0 Å². The Hall–Kier alpha value is -1.48. The van der Waals surface area contributed by atoms with E-state index in [0.717, 1.165) is 11.1 Å². The topological polar surface area (TPSA) is 52.0 Å². The fraction of sp³-hybridized carbons (Fsp3) is 0.100. The number of rotatable bonds is 1. The summed E-state index contributed by atoms with van der Waals surface area (Å²) in [5.41, 5.74) is 8.03. The fourth-order valence-electron chi connectivity index (χ4n) is 1.36. The number of nitrogens with zero attached hydrogens (tertiary/aromatic N) is 1. The van der Waals surface area contributed by atoms with Crippen LogP contribution in [0.3, 0.4) is 0 Å². The lowest BCUT2D eigenvalue weighted by atomic mass is 10.1. The minimum absolute atomic E-state index is 0.291. The maximum Gasteiger partial charge on any atom is 0.222 e. The van der Waals surface area contributed by atoms with Crippen LogP contribution in [0, 0.1) is 6.92 Å². The molecule has 0 radical (unpaired) electrons. The molecule has 0 unspecified atom stereocenters. The summed E-state index contributed by atoms with van der Waals surface area (Å²) in [4.78, 5) is 0. The Kier molecular flexibility index (Phi) is 2.17. The molecule has 1 aromatic carbocycles. The van der Waals surface area contributed by atoms with Gasteiger partial charge in [-0.1, -0.05) is 28.9 Å². The maximum atomic E-state index is 6.05. The van der Waals surface area contributed by atoms with E-state index in [1.54, 1.807) is 6.07 Å². The first-order valence-electron chi connectivity index (χ1n) is 4.16. The van der Waals surface area contributed by atoms with E-state index in [2.05, 4.69) is 5.16 Å². The average Bonchev–Trinajstić information content (AvgIpc) is 2.51. The molecular weight excluding hydrogens is 200 g/mol. The number of nitrogen functional groups attached to an aromatic ring is 1. The largest absolute Gasteiger partial charge is 0.368 e. The number of nitrogens with two attached hydrogens (primary N) is 1. The van der Waals surface area contributed by atoms with Crippen LogP contribution in [-0.2, 0) is 0 Å². The van der Waals surface area contributed by atoms with Crippen molar-refractivity contribution >= 4 is 17.5 Å². The highest BCUT2D eigenvalue weighted by atomic mass is 35.5. The summed E-state index contributed by atoms with van der Waals surface area (Å²) in [6, 6.07) is 7.33. The van der Waals surface area contributed by atoms with Gasteiger partial charge in [-0.25, -0.2) is 0 Å². The smallest absolute Gasteiger partial charge is 0.222 e. The van der Waals surface area contributed by atoms with Crippen LogP contribution in [0.5, 0.6) is 0 Å². The van der Waals surface area contributed by atoms with Crippen molar-refractivity contribution in [2.24, 2.45) is 0 Å². The maximum absolute atomic E-state index is 6.05. The van der Waals surface area contributed by atoms with E-state index < -0.39 is 0 Å². The number of anilines is 1. The summed E-state index contributed by atoms with van der Waals surface area (Å²) >= 11 is 6.05. The Labute approximate surface area is 86.5 Å². The minimum Gasteiger partial charge on any atom is -0.368 e. The Bertz CT molecular complexity index is 445. The summed E-state index contributed by atoms with van der Waals surface area (Å²) in [6.07, 6.45) is 0. The van der Waals surface area contributed by atoms with Crippen LogP contribution in [0.15, 0.2) is 28.8 Å². The van der Waals surface area contributed by atoms with Gasteiger partial charge < -0.3 is 10.3 Å². The summed E-state index contributed by atoms with van der Waals surface area (Å²) in [6.45, 7) is 1.96. The monoisotopic (exact) mass is 208 g/mol. The second-order valence-electron chi connectivity index (χ2n) is 3.05. The van der Waals surface area contributed by atoms with Gasteiger partial charge in [-0.2, -0.15) is 0 Å². The van der Waals surface area contributed by atoms with Gasteiger partial charge in [0.1, 0.15) is 5.69 Å². The molecule has 0 fully saturated rings. The van der Waals surface area contributed by atoms with Gasteiger partial charge >= 0.3 is 0 Å². The van der Waals surface area contributed by atoms with Gasteiger partial charge in [0.2, 0.25) is 5.88 Å². The van der Waals surface area contributed by atoms with Crippen LogP contribution in [0.2, 0.25) is 5.02 Å². The molecule has 0 saturated carbocycles. The molecule has 3 nitrogen and oxygen atoms in total. The molecule has 72 valence electrons. The van der Waals surface area contributed by atoms with Gasteiger partial charge in [-0.05, 0) is 18.6 Å². The van der Waals surface area contributed by atoms with Gasteiger partial charge in [0.25, 0.3) is 0 Å². The van der Waals surface area contributed by atoms with Gasteiger partial charge in [0, 0.05) is 11.6 Å². The molecule has 1 heterocycles. The van der Waals surface area contributed by atoms with Crippen molar-refractivity contribution in [1.29, 1.82) is 0 Å². The molecule has 0 atom stereocenters. The highest BCUT2D eigenvalue weighted by Crippen LogP contribution is 2.30. The predicted molar refractivity (Wildman–Crippen MR) is 56.1 cm³/mol. The van der Waals surface area contributed by atoms with Crippen molar-refractivity contribution in [3.05, 3.63) is 34.9 Å². The molecule has 1 aromatic heterocycles. The molecule has 2 N–H and O–H groups in total. The van der Waals surface area contributed by atoms with E-state index >= 15 is 0 Å². The van der Waals surface area contributed by atoms with Crippen molar-refractivity contribution in [3.8, 4) is 11.3 Å². The number of halogens is 1. The number of aryl methyl sites for hydroxylation is 1. The summed E-state index contributed by atoms with van der Waals surface area (Å²) in [5.74, 6) is 0.291. The Morgan fingerprint density at radius 2 is 2.21 bits per heavy atom. The molecule has 4 heteroatoms. The number of hydrogen-bond acceptors (Lipinski definition) is 3. The van der Waals surface area contributed by atoms with Crippen molar-refractivity contribution < 1.29 is 4.52 Å². The van der Waals surface area contributed by atoms with E-state index in [9.17, 15) is 0 Å². The number of aromatic nitrogens is 1. The van der Waals surface area contributed by atoms with Crippen molar-refractivity contribution in [2.45, 2.75) is 6.92 Å². The highest BCUT2D eigenvalue weighted by molar-refractivity contribution is 6.33. The second kappa shape index (κ2) is 3.35. The molecule has 2 aromatic rings. The zero-order chi connectivity index (χ0) is 10.1. The summed E-state index contributed by atoms with van der Waals surface area (Å²) in [7, 11) is 0. The van der Waals surface area contributed by atoms with E-state index in [-0.39, 0.29) is 0 Å². The van der Waals surface area contributed by atoms with Crippen LogP contribution < -0.4 is 5.73 Å². The summed E-state index contributed by atoms with van der Waals surface area (Å²) in [5, 5.41) is 4.47. The minimum atomic E-state index is 0.291. The lowest BCUT2D eigenvalue weighted by Gasteiger charge is -2.02. The zero-order valence-electron chi connectivity index (χ0n) is 7.62. The molecule has 2 rings (SSSR count). The third-order valence-electron chi connectivity index (χ3n) is 2.01. The Balaban J connectivity index is 2.61. The fourth-order valence-corrected chi connectivity index (χ4v) is 1.68. The lowest BCUT2D eigenvalue weighted by Crippen LogP contribution is -1.84. The van der Waals surface area contributed by atoms with Crippen molar-refractivity contribution in [3.63, 3.8) is 0 Å². The molecule has 0 aliphatic carbocycles. The standard InChI is InChI=1S/C10H9ClN2O/c1-6-3-2-4-7(11)10(6)8-5-9(12)14-13-8/h2-5H,12H2,1H3. The molecule has 0 amide bonds. The van der Waals surface area contributed by atoms with E-state index in [1.807, 2.05) is 25.1 Å². The highest BCUT2D eigenvalue weighted by Gasteiger charge is 2.10. The Morgan fingerprint density at radius 1 is 1.43 bits per heavy atom. The molecule has 0 aliphatic rings. The third-order valence-corrected chi connectivity index (χ3v) is 2.32. The molecule has 0 saturated heterocycles. The predicted octanol–water partition coefficient (Wildman–Crippen LogP) is 2.89. The SMILES string of the molecule is Cc1cccc(Cl)c1-c1cc(N)on1. The first-order valence-corrected chi connectivity index (χ1v) is 4.54. The van der Waals surface area contributed by atoms with Crippen LogP contribution >= 0.6 is 11.6 Å². The van der Waals surface area contributed by atoms with Gasteiger partial charge in [-0.3, -0.25) is 0 Å². The van der Waals surface area contributed by atoms with Gasteiger partial charge in [-0.15, -0.1) is 0 Å². The third kappa shape index (κ3) is 1.46. The first-order chi connectivity index (χ1) is 6.68. The quantitative estimate of drug-likeness (QED) is 0.784. The van der Waals surface area contributed by atoms with Crippen LogP contribution in [0.4, 0.5) is 5.88 Å². The molecule has 0 bridgehead atoms. The molecule has 14 heavy (non-hydrogen) atoms. The van der Waals surface area contributed by atoms with E-state index in [4.69, 9.17) is 21.9 Å². The van der Waals surface area contributed by atoms with Gasteiger partial charge in [0.05, 0.1) is 5.02 Å². The first kappa shape index (κ1) is 9.09. The van der Waals surface area contributed by atoms with Crippen molar-refractivity contribution in [2.75, 3.05) is 5.73 Å². The molecular formula is C10H9ClN2O. The lowest BCUT2D eigenvalue weighted by molar-refractivity contribution is 0.439. The van der Waals surface area contributed by atoms with Gasteiger partial charge in [0.15, 0.2) is 0 Å². The number of benzene rings is 1. The van der Waals surface area contributed by atoms with Crippen molar-refractivity contribution in [1.82, 2.24) is 5.16 Å². The van der Waals surface area contributed by atoms with E-state index in [0.29, 0.717) is 16.6 Å². The average molecular weight is 209 g/mol. The van der Waals surface area contributed by atoms with Crippen LogP contribution in [-0.4, -0.2) is 5.16 Å². The number of hydrogen-bond donors (Lipinski definition) is 1. The van der Waals surface area contributed by atoms with Crippen LogP contribution in [0.25, 0.3) is 11.3 Å². The molecule has 0 spiro atoms.